The van der Waals surface area contributed by atoms with E-state index in [0.29, 0.717) is 18.7 Å². The molecule has 5 nitrogen and oxygen atoms in total. The first-order chi connectivity index (χ1) is 12.7. The fourth-order valence-electron chi connectivity index (χ4n) is 3.47. The Morgan fingerprint density at radius 1 is 1.19 bits per heavy atom. The van der Waals surface area contributed by atoms with E-state index >= 15 is 0 Å². The van der Waals surface area contributed by atoms with E-state index < -0.39 is 0 Å². The molecule has 4 rings (SSSR count). The zero-order valence-corrected chi connectivity index (χ0v) is 15.0. The van der Waals surface area contributed by atoms with E-state index in [9.17, 15) is 4.79 Å². The minimum absolute atomic E-state index is 0.0771. The summed E-state index contributed by atoms with van der Waals surface area (Å²) in [4.78, 5) is 17.2. The predicted octanol–water partition coefficient (Wildman–Crippen LogP) is 3.70. The van der Waals surface area contributed by atoms with Gasteiger partial charge in [0.25, 0.3) is 5.91 Å². The normalized spacial score (nSPS) is 13.4. The van der Waals surface area contributed by atoms with Crippen LogP contribution in [0.1, 0.15) is 41.5 Å². The third-order valence-electron chi connectivity index (χ3n) is 4.81. The molecule has 1 amide bonds. The maximum atomic E-state index is 12.5. The molecule has 1 aliphatic heterocycles. The molecule has 0 fully saturated rings. The van der Waals surface area contributed by atoms with Crippen LogP contribution in [-0.4, -0.2) is 22.1 Å². The van der Waals surface area contributed by atoms with Crippen LogP contribution in [0.2, 0.25) is 0 Å². The molecule has 0 unspecified atom stereocenters. The molecule has 0 spiro atoms. The van der Waals surface area contributed by atoms with Gasteiger partial charge in [-0.05, 0) is 55.7 Å². The molecule has 0 radical (unpaired) electrons. The van der Waals surface area contributed by atoms with Gasteiger partial charge in [0.05, 0.1) is 17.6 Å². The number of aromatic nitrogens is 2. The molecule has 3 aromatic rings. The van der Waals surface area contributed by atoms with Crippen LogP contribution < -0.4 is 10.1 Å². The van der Waals surface area contributed by atoms with Crippen molar-refractivity contribution >= 4 is 16.9 Å². The highest BCUT2D eigenvalue weighted by Gasteiger charge is 2.16. The summed E-state index contributed by atoms with van der Waals surface area (Å²) in [6, 6.07) is 13.6. The number of benzene rings is 2. The molecule has 1 N–H and O–H groups in total. The van der Waals surface area contributed by atoms with Gasteiger partial charge in [0, 0.05) is 25.1 Å². The van der Waals surface area contributed by atoms with Crippen molar-refractivity contribution in [2.75, 3.05) is 6.61 Å². The monoisotopic (exact) mass is 349 g/mol. The second-order valence-corrected chi connectivity index (χ2v) is 6.60. The van der Waals surface area contributed by atoms with Crippen molar-refractivity contribution < 1.29 is 9.53 Å². The number of carbonyl (C=O) groups excluding carboxylic acids is 1. The van der Waals surface area contributed by atoms with Crippen molar-refractivity contribution in [1.82, 2.24) is 14.9 Å². The topological polar surface area (TPSA) is 56.1 Å². The molecule has 0 atom stereocenters. The maximum Gasteiger partial charge on any atom is 0.251 e. The quantitative estimate of drug-likeness (QED) is 0.764. The number of rotatable bonds is 5. The van der Waals surface area contributed by atoms with Crippen LogP contribution in [0.5, 0.6) is 5.75 Å². The second-order valence-electron chi connectivity index (χ2n) is 6.60. The van der Waals surface area contributed by atoms with Gasteiger partial charge in [-0.15, -0.1) is 0 Å². The third kappa shape index (κ3) is 3.29. The van der Waals surface area contributed by atoms with E-state index in [-0.39, 0.29) is 5.91 Å². The lowest BCUT2D eigenvalue weighted by molar-refractivity contribution is 0.0951. The van der Waals surface area contributed by atoms with E-state index in [0.717, 1.165) is 41.1 Å². The molecular formula is C21H23N3O2. The number of aryl methyl sites for hydroxylation is 2. The van der Waals surface area contributed by atoms with Crippen LogP contribution in [-0.2, 0) is 19.5 Å². The molecule has 1 aliphatic rings. The first-order valence-corrected chi connectivity index (χ1v) is 9.23. The van der Waals surface area contributed by atoms with Crippen LogP contribution >= 0.6 is 0 Å². The zero-order chi connectivity index (χ0) is 17.9. The van der Waals surface area contributed by atoms with Crippen LogP contribution in [0.3, 0.4) is 0 Å². The highest BCUT2D eigenvalue weighted by molar-refractivity contribution is 5.97. The van der Waals surface area contributed by atoms with E-state index in [2.05, 4.69) is 9.88 Å². The molecular weight excluding hydrogens is 326 g/mol. The lowest BCUT2D eigenvalue weighted by atomic mass is 10.1. The van der Waals surface area contributed by atoms with E-state index in [1.165, 1.54) is 12.8 Å². The number of nitrogens with zero attached hydrogens (tertiary/aromatic N) is 2. The Hall–Kier alpha value is -2.82. The predicted molar refractivity (Wildman–Crippen MR) is 101 cm³/mol. The van der Waals surface area contributed by atoms with Gasteiger partial charge in [0.1, 0.15) is 11.6 Å². The Morgan fingerprint density at radius 3 is 2.85 bits per heavy atom. The van der Waals surface area contributed by atoms with Gasteiger partial charge >= 0.3 is 0 Å². The van der Waals surface area contributed by atoms with Gasteiger partial charge in [-0.3, -0.25) is 4.79 Å². The molecule has 0 saturated carbocycles. The number of imidazole rings is 1. The lowest BCUT2D eigenvalue weighted by Gasteiger charge is -2.13. The van der Waals surface area contributed by atoms with E-state index in [1.807, 2.05) is 49.4 Å². The third-order valence-corrected chi connectivity index (χ3v) is 4.81. The van der Waals surface area contributed by atoms with Crippen molar-refractivity contribution in [2.24, 2.45) is 0 Å². The molecule has 1 aromatic heterocycles. The largest absolute Gasteiger partial charge is 0.494 e. The van der Waals surface area contributed by atoms with Gasteiger partial charge < -0.3 is 14.6 Å². The number of carbonyl (C=O) groups is 1. The fraction of sp³-hybridized carbons (Fsp3) is 0.333. The van der Waals surface area contributed by atoms with Crippen LogP contribution in [0.15, 0.2) is 42.5 Å². The first-order valence-electron chi connectivity index (χ1n) is 9.23. The molecule has 0 aliphatic carbocycles. The molecule has 26 heavy (non-hydrogen) atoms. The number of nitrogens with one attached hydrogen (secondary N) is 1. The average molecular weight is 349 g/mol. The highest BCUT2D eigenvalue weighted by atomic mass is 16.5. The second kappa shape index (κ2) is 7.20. The Morgan fingerprint density at radius 2 is 2.04 bits per heavy atom. The van der Waals surface area contributed by atoms with E-state index in [1.54, 1.807) is 0 Å². The zero-order valence-electron chi connectivity index (χ0n) is 15.0. The van der Waals surface area contributed by atoms with E-state index in [4.69, 9.17) is 9.72 Å². The lowest BCUT2D eigenvalue weighted by Crippen LogP contribution is -2.22. The summed E-state index contributed by atoms with van der Waals surface area (Å²) in [5.74, 6) is 1.90. The minimum Gasteiger partial charge on any atom is -0.494 e. The van der Waals surface area contributed by atoms with Gasteiger partial charge in [-0.1, -0.05) is 12.1 Å². The standard InChI is InChI=1S/C21H23N3O2/c1-2-26-17-9-6-15(7-10-17)14-22-21(25)16-8-11-19-18(13-16)23-20-5-3-4-12-24(19)20/h6-11,13H,2-5,12,14H2,1H3,(H,22,25). The van der Waals surface area contributed by atoms with Gasteiger partial charge in [0.2, 0.25) is 0 Å². The summed E-state index contributed by atoms with van der Waals surface area (Å²) in [6.45, 7) is 4.12. The maximum absolute atomic E-state index is 12.5. The Kier molecular flexibility index (Phi) is 4.61. The Bertz CT molecular complexity index is 928. The van der Waals surface area contributed by atoms with Crippen molar-refractivity contribution in [3.63, 3.8) is 0 Å². The number of ether oxygens (including phenoxy) is 1. The first kappa shape index (κ1) is 16.6. The highest BCUT2D eigenvalue weighted by Crippen LogP contribution is 2.23. The molecule has 2 aromatic carbocycles. The number of hydrogen-bond acceptors (Lipinski definition) is 3. The number of amides is 1. The molecule has 5 heteroatoms. The van der Waals surface area contributed by atoms with Crippen LogP contribution in [0.25, 0.3) is 11.0 Å². The average Bonchev–Trinajstić information content (AvgIpc) is 3.05. The summed E-state index contributed by atoms with van der Waals surface area (Å²) in [5, 5.41) is 2.98. The number of fused-ring (bicyclic) bond motifs is 3. The van der Waals surface area contributed by atoms with Crippen LogP contribution in [0.4, 0.5) is 0 Å². The summed E-state index contributed by atoms with van der Waals surface area (Å²) < 4.78 is 7.71. The minimum atomic E-state index is -0.0771. The van der Waals surface area contributed by atoms with Gasteiger partial charge in [-0.2, -0.15) is 0 Å². The molecule has 0 bridgehead atoms. The van der Waals surface area contributed by atoms with Gasteiger partial charge in [-0.25, -0.2) is 4.98 Å². The Labute approximate surface area is 153 Å². The molecule has 134 valence electrons. The smallest absolute Gasteiger partial charge is 0.251 e. The summed E-state index contributed by atoms with van der Waals surface area (Å²) in [6.07, 6.45) is 3.41. The summed E-state index contributed by atoms with van der Waals surface area (Å²) >= 11 is 0. The molecule has 2 heterocycles. The van der Waals surface area contributed by atoms with Crippen molar-refractivity contribution in [3.05, 3.63) is 59.4 Å². The fourth-order valence-corrected chi connectivity index (χ4v) is 3.47. The number of hydrogen-bond donors (Lipinski definition) is 1. The summed E-state index contributed by atoms with van der Waals surface area (Å²) in [5.41, 5.74) is 3.73. The van der Waals surface area contributed by atoms with Gasteiger partial charge in [0.15, 0.2) is 0 Å². The summed E-state index contributed by atoms with van der Waals surface area (Å²) in [7, 11) is 0. The Balaban J connectivity index is 1.46. The van der Waals surface area contributed by atoms with Crippen molar-refractivity contribution in [2.45, 2.75) is 39.3 Å². The van der Waals surface area contributed by atoms with Crippen LogP contribution in [0, 0.1) is 0 Å². The van der Waals surface area contributed by atoms with Crippen molar-refractivity contribution in [3.8, 4) is 5.75 Å². The molecule has 0 saturated heterocycles. The van der Waals surface area contributed by atoms with Crippen molar-refractivity contribution in [1.29, 1.82) is 0 Å². The SMILES string of the molecule is CCOc1ccc(CNC(=O)c2ccc3c(c2)nc2n3CCCC2)cc1.